The van der Waals surface area contributed by atoms with Crippen molar-refractivity contribution in [1.82, 2.24) is 5.43 Å². The van der Waals surface area contributed by atoms with Gasteiger partial charge in [-0.2, -0.15) is 0 Å². The Kier molecular flexibility index (Phi) is 5.51. The van der Waals surface area contributed by atoms with Gasteiger partial charge in [-0.25, -0.2) is 14.6 Å². The van der Waals surface area contributed by atoms with E-state index in [-0.39, 0.29) is 18.9 Å². The van der Waals surface area contributed by atoms with Crippen LogP contribution in [0.2, 0.25) is 0 Å². The van der Waals surface area contributed by atoms with Crippen molar-refractivity contribution in [3.8, 4) is 0 Å². The van der Waals surface area contributed by atoms with Crippen LogP contribution in [0.5, 0.6) is 0 Å². The van der Waals surface area contributed by atoms with E-state index in [0.29, 0.717) is 11.1 Å². The van der Waals surface area contributed by atoms with Gasteiger partial charge in [-0.3, -0.25) is 10.2 Å². The second-order valence-corrected chi connectivity index (χ2v) is 3.42. The Bertz CT molecular complexity index is 372. The first kappa shape index (κ1) is 13.5. The molecule has 0 aliphatic heterocycles. The third kappa shape index (κ3) is 4.88. The van der Waals surface area contributed by atoms with E-state index in [0.717, 1.165) is 0 Å². The number of rotatable bonds is 6. The third-order valence-corrected chi connectivity index (χ3v) is 2.13. The second-order valence-electron chi connectivity index (χ2n) is 3.42. The molecule has 0 saturated carbocycles. The number of halogens is 2. The number of carbonyl (C=O) groups excluding carboxylic acids is 1. The zero-order valence-corrected chi connectivity index (χ0v) is 9.16. The van der Waals surface area contributed by atoms with Crippen LogP contribution in [-0.2, 0) is 22.6 Å². The summed E-state index contributed by atoms with van der Waals surface area (Å²) in [5.74, 6) is 4.64. The van der Waals surface area contributed by atoms with Crippen molar-refractivity contribution in [2.75, 3.05) is 6.61 Å². The highest BCUT2D eigenvalue weighted by Gasteiger charge is 2.08. The van der Waals surface area contributed by atoms with Crippen molar-refractivity contribution in [2.24, 2.45) is 5.84 Å². The molecular weight excluding hydrogens is 230 g/mol. The molecule has 1 aromatic rings. The predicted molar refractivity (Wildman–Crippen MR) is 58.1 cm³/mol. The van der Waals surface area contributed by atoms with Crippen molar-refractivity contribution in [3.05, 3.63) is 35.4 Å². The van der Waals surface area contributed by atoms with Crippen LogP contribution in [0, 0.1) is 0 Å². The Balaban J connectivity index is 2.61. The van der Waals surface area contributed by atoms with Crippen molar-refractivity contribution in [2.45, 2.75) is 19.5 Å². The molecule has 0 radical (unpaired) electrons. The highest BCUT2D eigenvalue weighted by atomic mass is 19.3. The van der Waals surface area contributed by atoms with Crippen LogP contribution < -0.4 is 11.3 Å². The Morgan fingerprint density at radius 3 is 2.59 bits per heavy atom. The summed E-state index contributed by atoms with van der Waals surface area (Å²) in [4.78, 5) is 11.1. The first-order valence-electron chi connectivity index (χ1n) is 5.05. The quantitative estimate of drug-likeness (QED) is 0.446. The van der Waals surface area contributed by atoms with Gasteiger partial charge in [-0.1, -0.05) is 24.3 Å². The SMILES string of the molecule is NNC(=O)Cc1ccccc1COCC(F)F. The lowest BCUT2D eigenvalue weighted by atomic mass is 10.1. The molecule has 17 heavy (non-hydrogen) atoms. The molecule has 1 rings (SSSR count). The smallest absolute Gasteiger partial charge is 0.261 e. The van der Waals surface area contributed by atoms with Gasteiger partial charge in [0.1, 0.15) is 6.61 Å². The number of hydrogen-bond donors (Lipinski definition) is 2. The molecule has 1 amide bonds. The Morgan fingerprint density at radius 2 is 2.00 bits per heavy atom. The molecule has 3 N–H and O–H groups in total. The Hall–Kier alpha value is -1.53. The second kappa shape index (κ2) is 6.93. The van der Waals surface area contributed by atoms with Crippen LogP contribution >= 0.6 is 0 Å². The maximum absolute atomic E-state index is 11.9. The number of amides is 1. The lowest BCUT2D eigenvalue weighted by Gasteiger charge is -2.09. The van der Waals surface area contributed by atoms with Gasteiger partial charge in [0, 0.05) is 0 Å². The fourth-order valence-corrected chi connectivity index (χ4v) is 1.35. The van der Waals surface area contributed by atoms with Crippen LogP contribution in [0.25, 0.3) is 0 Å². The molecule has 94 valence electrons. The number of hydrogen-bond acceptors (Lipinski definition) is 3. The van der Waals surface area contributed by atoms with Gasteiger partial charge in [0.2, 0.25) is 5.91 Å². The summed E-state index contributed by atoms with van der Waals surface area (Å²) < 4.78 is 28.6. The van der Waals surface area contributed by atoms with Crippen LogP contribution in [0.15, 0.2) is 24.3 Å². The molecule has 1 aromatic carbocycles. The highest BCUT2D eigenvalue weighted by molar-refractivity contribution is 5.78. The van der Waals surface area contributed by atoms with E-state index in [2.05, 4.69) is 0 Å². The number of alkyl halides is 2. The molecule has 0 heterocycles. The minimum atomic E-state index is -2.49. The van der Waals surface area contributed by atoms with Gasteiger partial charge < -0.3 is 4.74 Å². The van der Waals surface area contributed by atoms with Gasteiger partial charge >= 0.3 is 0 Å². The molecule has 6 heteroatoms. The summed E-state index contributed by atoms with van der Waals surface area (Å²) in [5, 5.41) is 0. The molecule has 0 bridgehead atoms. The molecule has 0 spiro atoms. The minimum absolute atomic E-state index is 0.0539. The number of nitrogens with one attached hydrogen (secondary N) is 1. The van der Waals surface area contributed by atoms with E-state index in [4.69, 9.17) is 10.6 Å². The molecule has 0 aliphatic carbocycles. The normalized spacial score (nSPS) is 10.6. The average molecular weight is 244 g/mol. The Labute approximate surface area is 97.7 Å². The molecule has 4 nitrogen and oxygen atoms in total. The van der Waals surface area contributed by atoms with Gasteiger partial charge in [0.15, 0.2) is 0 Å². The Morgan fingerprint density at radius 1 is 1.35 bits per heavy atom. The van der Waals surface area contributed by atoms with E-state index in [1.165, 1.54) is 0 Å². The monoisotopic (exact) mass is 244 g/mol. The molecule has 0 saturated heterocycles. The van der Waals surface area contributed by atoms with Crippen molar-refractivity contribution >= 4 is 5.91 Å². The highest BCUT2D eigenvalue weighted by Crippen LogP contribution is 2.11. The fraction of sp³-hybridized carbons (Fsp3) is 0.364. The number of nitrogens with two attached hydrogens (primary N) is 1. The van der Waals surface area contributed by atoms with Crippen LogP contribution in [0.1, 0.15) is 11.1 Å². The van der Waals surface area contributed by atoms with E-state index >= 15 is 0 Å². The standard InChI is InChI=1S/C11H14F2N2O2/c12-10(13)7-17-6-9-4-2-1-3-8(9)5-11(16)15-14/h1-4,10H,5-7,14H2,(H,15,16). The van der Waals surface area contributed by atoms with E-state index in [1.807, 2.05) is 5.43 Å². The van der Waals surface area contributed by atoms with Crippen molar-refractivity contribution < 1.29 is 18.3 Å². The molecule has 0 atom stereocenters. The van der Waals surface area contributed by atoms with E-state index < -0.39 is 13.0 Å². The average Bonchev–Trinajstić information content (AvgIpc) is 2.30. The summed E-state index contributed by atoms with van der Waals surface area (Å²) in [6.07, 6.45) is -2.39. The first-order chi connectivity index (χ1) is 8.13. The third-order valence-electron chi connectivity index (χ3n) is 2.13. The zero-order valence-electron chi connectivity index (χ0n) is 9.16. The molecule has 0 aliphatic rings. The molecule has 0 fully saturated rings. The number of benzene rings is 1. The van der Waals surface area contributed by atoms with E-state index in [1.54, 1.807) is 24.3 Å². The molecule has 0 aromatic heterocycles. The van der Waals surface area contributed by atoms with Gasteiger partial charge in [-0.15, -0.1) is 0 Å². The summed E-state index contributed by atoms with van der Waals surface area (Å²) in [7, 11) is 0. The van der Waals surface area contributed by atoms with Crippen LogP contribution in [0.3, 0.4) is 0 Å². The minimum Gasteiger partial charge on any atom is -0.371 e. The predicted octanol–water partition coefficient (Wildman–Crippen LogP) is 1.00. The lowest BCUT2D eigenvalue weighted by Crippen LogP contribution is -2.31. The summed E-state index contributed by atoms with van der Waals surface area (Å²) >= 11 is 0. The maximum atomic E-state index is 11.9. The maximum Gasteiger partial charge on any atom is 0.261 e. The number of hydrazine groups is 1. The van der Waals surface area contributed by atoms with Gasteiger partial charge in [0.25, 0.3) is 6.43 Å². The van der Waals surface area contributed by atoms with Gasteiger partial charge in [-0.05, 0) is 11.1 Å². The largest absolute Gasteiger partial charge is 0.371 e. The molecule has 0 unspecified atom stereocenters. The van der Waals surface area contributed by atoms with Crippen molar-refractivity contribution in [3.63, 3.8) is 0 Å². The van der Waals surface area contributed by atoms with E-state index in [9.17, 15) is 13.6 Å². The van der Waals surface area contributed by atoms with Crippen LogP contribution in [0.4, 0.5) is 8.78 Å². The zero-order chi connectivity index (χ0) is 12.7. The fourth-order valence-electron chi connectivity index (χ4n) is 1.35. The summed E-state index contributed by atoms with van der Waals surface area (Å²) in [6.45, 7) is -0.560. The summed E-state index contributed by atoms with van der Waals surface area (Å²) in [6, 6.07) is 6.97. The van der Waals surface area contributed by atoms with Crippen LogP contribution in [-0.4, -0.2) is 18.9 Å². The topological polar surface area (TPSA) is 64.3 Å². The number of carbonyl (C=O) groups is 1. The summed E-state index contributed by atoms with van der Waals surface area (Å²) in [5.41, 5.74) is 3.43. The molecular formula is C11H14F2N2O2. The number of ether oxygens (including phenoxy) is 1. The first-order valence-corrected chi connectivity index (χ1v) is 5.05. The van der Waals surface area contributed by atoms with Gasteiger partial charge in [0.05, 0.1) is 13.0 Å². The lowest BCUT2D eigenvalue weighted by molar-refractivity contribution is -0.120. The van der Waals surface area contributed by atoms with Crippen molar-refractivity contribution in [1.29, 1.82) is 0 Å².